The van der Waals surface area contributed by atoms with Gasteiger partial charge in [0, 0.05) is 15.7 Å². The van der Waals surface area contributed by atoms with Gasteiger partial charge in [0.15, 0.2) is 5.17 Å². The van der Waals surface area contributed by atoms with Crippen LogP contribution in [0, 0.1) is 3.57 Å². The molecule has 0 spiro atoms. The number of aliphatic imine (C=N–C) groups is 1. The van der Waals surface area contributed by atoms with Crippen molar-refractivity contribution in [1.82, 2.24) is 4.90 Å². The molecule has 0 aromatic heterocycles. The van der Waals surface area contributed by atoms with Gasteiger partial charge in [0.1, 0.15) is 0 Å². The summed E-state index contributed by atoms with van der Waals surface area (Å²) >= 11 is 3.77. The van der Waals surface area contributed by atoms with Crippen LogP contribution in [0.15, 0.2) is 40.5 Å². The number of rotatable bonds is 2. The lowest BCUT2D eigenvalue weighted by atomic mass is 9.94. The smallest absolute Gasteiger partial charge is 0.338 e. The molecule has 1 aromatic rings. The Kier molecular flexibility index (Phi) is 4.77. The highest BCUT2D eigenvalue weighted by Crippen LogP contribution is 2.40. The summed E-state index contributed by atoms with van der Waals surface area (Å²) in [5, 5.41) is 0.662. The van der Waals surface area contributed by atoms with Gasteiger partial charge < -0.3 is 4.74 Å². The summed E-state index contributed by atoms with van der Waals surface area (Å²) in [6.45, 7) is 1.79. The average Bonchev–Trinajstić information content (AvgIpc) is 2.54. The van der Waals surface area contributed by atoms with Crippen LogP contribution in [0.1, 0.15) is 24.9 Å². The van der Waals surface area contributed by atoms with Crippen LogP contribution in [-0.2, 0) is 14.3 Å². The first-order chi connectivity index (χ1) is 11.0. The van der Waals surface area contributed by atoms with Crippen LogP contribution in [0.3, 0.4) is 0 Å². The number of benzene rings is 1. The van der Waals surface area contributed by atoms with E-state index >= 15 is 0 Å². The molecule has 0 unspecified atom stereocenters. The topological polar surface area (TPSA) is 59.0 Å². The molecule has 2 heterocycles. The molecule has 1 atom stereocenters. The number of carbonyl (C=O) groups excluding carboxylic acids is 2. The Bertz CT molecular complexity index is 727. The van der Waals surface area contributed by atoms with Crippen LogP contribution >= 0.6 is 34.4 Å². The number of fused-ring (bicyclic) bond motifs is 1. The third-order valence-electron chi connectivity index (χ3n) is 3.80. The van der Waals surface area contributed by atoms with Crippen LogP contribution in [0.5, 0.6) is 0 Å². The molecule has 0 radical (unpaired) electrons. The second kappa shape index (κ2) is 6.64. The Morgan fingerprint density at radius 2 is 2.09 bits per heavy atom. The van der Waals surface area contributed by atoms with Crippen molar-refractivity contribution in [3.8, 4) is 0 Å². The molecule has 0 aliphatic carbocycles. The van der Waals surface area contributed by atoms with Gasteiger partial charge in [0.05, 0.1) is 24.4 Å². The number of halogens is 1. The maximum Gasteiger partial charge on any atom is 0.338 e. The molecule has 1 fully saturated rings. The molecule has 0 saturated carbocycles. The third-order valence-corrected chi connectivity index (χ3v) is 5.47. The van der Waals surface area contributed by atoms with Crippen LogP contribution in [0.4, 0.5) is 0 Å². The number of thioether (sulfide) groups is 1. The number of amidine groups is 1. The van der Waals surface area contributed by atoms with Gasteiger partial charge in [-0.05, 0) is 47.2 Å². The molecule has 0 bridgehead atoms. The first-order valence-electron chi connectivity index (χ1n) is 7.11. The van der Waals surface area contributed by atoms with Crippen molar-refractivity contribution in [3.05, 3.63) is 44.7 Å². The Morgan fingerprint density at radius 1 is 1.39 bits per heavy atom. The number of methoxy groups -OCH3 is 1. The lowest BCUT2D eigenvalue weighted by Gasteiger charge is -2.38. The van der Waals surface area contributed by atoms with Crippen LogP contribution < -0.4 is 0 Å². The number of ether oxygens (including phenoxy) is 1. The first kappa shape index (κ1) is 16.5. The van der Waals surface area contributed by atoms with Crippen molar-refractivity contribution in [3.63, 3.8) is 0 Å². The van der Waals surface area contributed by atoms with E-state index in [0.717, 1.165) is 9.13 Å². The minimum Gasteiger partial charge on any atom is -0.466 e. The van der Waals surface area contributed by atoms with Crippen molar-refractivity contribution in [2.24, 2.45) is 4.99 Å². The van der Waals surface area contributed by atoms with Gasteiger partial charge in [-0.2, -0.15) is 0 Å². The molecule has 3 rings (SSSR count). The molecular weight excluding hydrogens is 427 g/mol. The number of hydrogen-bond donors (Lipinski definition) is 0. The van der Waals surface area contributed by atoms with Crippen LogP contribution in [0.2, 0.25) is 0 Å². The minimum atomic E-state index is -0.479. The molecule has 1 aromatic carbocycles. The summed E-state index contributed by atoms with van der Waals surface area (Å²) in [6.07, 6.45) is 0.443. The van der Waals surface area contributed by atoms with Crippen molar-refractivity contribution in [1.29, 1.82) is 0 Å². The van der Waals surface area contributed by atoms with Crippen molar-refractivity contribution in [2.45, 2.75) is 19.4 Å². The number of hydrogen-bond acceptors (Lipinski definition) is 5. The van der Waals surface area contributed by atoms with E-state index in [9.17, 15) is 9.59 Å². The summed E-state index contributed by atoms with van der Waals surface area (Å²) in [7, 11) is 1.35. The molecule has 120 valence electrons. The fourth-order valence-electron chi connectivity index (χ4n) is 2.73. The van der Waals surface area contributed by atoms with E-state index in [1.165, 1.54) is 7.11 Å². The molecule has 7 heteroatoms. The van der Waals surface area contributed by atoms with E-state index < -0.39 is 12.0 Å². The van der Waals surface area contributed by atoms with Gasteiger partial charge in [-0.25, -0.2) is 9.79 Å². The van der Waals surface area contributed by atoms with E-state index in [1.54, 1.807) is 23.6 Å². The Balaban J connectivity index is 2.17. The highest BCUT2D eigenvalue weighted by molar-refractivity contribution is 14.1. The van der Waals surface area contributed by atoms with E-state index in [2.05, 4.69) is 27.6 Å². The van der Waals surface area contributed by atoms with E-state index in [1.807, 2.05) is 24.3 Å². The second-order valence-electron chi connectivity index (χ2n) is 5.20. The van der Waals surface area contributed by atoms with E-state index in [0.29, 0.717) is 28.6 Å². The second-order valence-corrected chi connectivity index (χ2v) is 7.51. The van der Waals surface area contributed by atoms with Crippen molar-refractivity contribution >= 4 is 51.4 Å². The monoisotopic (exact) mass is 442 g/mol. The fraction of sp³-hybridized carbons (Fsp3) is 0.312. The zero-order valence-corrected chi connectivity index (χ0v) is 15.7. The summed E-state index contributed by atoms with van der Waals surface area (Å²) in [6, 6.07) is 7.34. The summed E-state index contributed by atoms with van der Waals surface area (Å²) in [4.78, 5) is 30.9. The standard InChI is InChI=1S/C16H15IN2O3S/c1-9-13(15(21)22-2)14(10-3-5-11(17)6-4-10)19-12(20)7-8-23-16(19)18-9/h3-6,14H,7-8H2,1-2H3/t14-/m1/s1. The quantitative estimate of drug-likeness (QED) is 0.522. The predicted molar refractivity (Wildman–Crippen MR) is 98.0 cm³/mol. The first-order valence-corrected chi connectivity index (χ1v) is 9.17. The minimum absolute atomic E-state index is 0.0139. The molecule has 23 heavy (non-hydrogen) atoms. The Morgan fingerprint density at radius 3 is 2.74 bits per heavy atom. The molecule has 5 nitrogen and oxygen atoms in total. The zero-order valence-electron chi connectivity index (χ0n) is 12.7. The van der Waals surface area contributed by atoms with Crippen LogP contribution in [-0.4, -0.2) is 34.8 Å². The predicted octanol–water partition coefficient (Wildman–Crippen LogP) is 3.11. The maximum atomic E-state index is 12.5. The number of nitrogens with zero attached hydrogens (tertiary/aromatic N) is 2. The number of allylic oxidation sites excluding steroid dienone is 1. The van der Waals surface area contributed by atoms with Crippen LogP contribution in [0.25, 0.3) is 0 Å². The number of amides is 1. The maximum absolute atomic E-state index is 12.5. The van der Waals surface area contributed by atoms with Gasteiger partial charge in [0.25, 0.3) is 0 Å². The fourth-order valence-corrected chi connectivity index (χ4v) is 4.09. The Hall–Kier alpha value is -1.35. The van der Waals surface area contributed by atoms with E-state index in [4.69, 9.17) is 4.74 Å². The van der Waals surface area contributed by atoms with E-state index in [-0.39, 0.29) is 5.91 Å². The SMILES string of the molecule is COC(=O)C1=C(C)N=C2SCCC(=O)N2[C@@H]1c1ccc(I)cc1. The highest BCUT2D eigenvalue weighted by Gasteiger charge is 2.41. The molecule has 2 aliphatic rings. The third kappa shape index (κ3) is 3.03. The lowest BCUT2D eigenvalue weighted by Crippen LogP contribution is -2.45. The number of esters is 1. The molecule has 2 aliphatic heterocycles. The summed E-state index contributed by atoms with van der Waals surface area (Å²) < 4.78 is 6.03. The zero-order chi connectivity index (χ0) is 16.6. The largest absolute Gasteiger partial charge is 0.466 e. The molecule has 1 amide bonds. The van der Waals surface area contributed by atoms with Gasteiger partial charge in [-0.15, -0.1) is 0 Å². The Labute approximate surface area is 152 Å². The number of carbonyl (C=O) groups is 2. The molecule has 0 N–H and O–H groups in total. The normalized spacial score (nSPS) is 21.0. The average molecular weight is 442 g/mol. The van der Waals surface area contributed by atoms with Gasteiger partial charge >= 0.3 is 5.97 Å². The molecule has 1 saturated heterocycles. The molecular formula is C16H15IN2O3S. The van der Waals surface area contributed by atoms with Crippen molar-refractivity contribution < 1.29 is 14.3 Å². The summed E-state index contributed by atoms with van der Waals surface area (Å²) in [5.74, 6) is 0.256. The van der Waals surface area contributed by atoms with Gasteiger partial charge in [-0.3, -0.25) is 9.69 Å². The lowest BCUT2D eigenvalue weighted by molar-refractivity contribution is -0.137. The van der Waals surface area contributed by atoms with Crippen molar-refractivity contribution in [2.75, 3.05) is 12.9 Å². The highest BCUT2D eigenvalue weighted by atomic mass is 127. The van der Waals surface area contributed by atoms with Gasteiger partial charge in [0.2, 0.25) is 5.91 Å². The summed E-state index contributed by atoms with van der Waals surface area (Å²) in [5.41, 5.74) is 1.91. The van der Waals surface area contributed by atoms with Gasteiger partial charge in [-0.1, -0.05) is 23.9 Å².